The van der Waals surface area contributed by atoms with Crippen LogP contribution in [-0.4, -0.2) is 26.9 Å². The molecular weight excluding hydrogens is 214 g/mol. The molecule has 1 aromatic carbocycles. The average molecular weight is 228 g/mol. The molecule has 15 heavy (non-hydrogen) atoms. The zero-order valence-corrected chi connectivity index (χ0v) is 9.38. The SMILES string of the molecule is COc1cc(Cl)cc(C2COCCN2)c1. The Kier molecular flexibility index (Phi) is 3.46. The molecule has 0 amide bonds. The second kappa shape index (κ2) is 4.84. The zero-order valence-electron chi connectivity index (χ0n) is 8.63. The molecule has 1 aliphatic rings. The number of halogens is 1. The van der Waals surface area contributed by atoms with Gasteiger partial charge >= 0.3 is 0 Å². The monoisotopic (exact) mass is 227 g/mol. The minimum atomic E-state index is 0.214. The minimum absolute atomic E-state index is 0.214. The van der Waals surface area contributed by atoms with E-state index in [0.717, 1.165) is 24.5 Å². The first-order valence-electron chi connectivity index (χ1n) is 4.95. The lowest BCUT2D eigenvalue weighted by Gasteiger charge is -2.24. The van der Waals surface area contributed by atoms with Gasteiger partial charge < -0.3 is 14.8 Å². The topological polar surface area (TPSA) is 30.5 Å². The van der Waals surface area contributed by atoms with Gasteiger partial charge in [0.15, 0.2) is 0 Å². The maximum Gasteiger partial charge on any atom is 0.120 e. The van der Waals surface area contributed by atoms with Gasteiger partial charge in [0.05, 0.1) is 26.4 Å². The maximum atomic E-state index is 6.00. The van der Waals surface area contributed by atoms with Gasteiger partial charge in [-0.2, -0.15) is 0 Å². The summed E-state index contributed by atoms with van der Waals surface area (Å²) in [4.78, 5) is 0. The van der Waals surface area contributed by atoms with Crippen molar-refractivity contribution in [3.63, 3.8) is 0 Å². The predicted molar refractivity (Wildman–Crippen MR) is 59.6 cm³/mol. The quantitative estimate of drug-likeness (QED) is 0.839. The van der Waals surface area contributed by atoms with E-state index in [4.69, 9.17) is 21.1 Å². The summed E-state index contributed by atoms with van der Waals surface area (Å²) in [7, 11) is 1.64. The highest BCUT2D eigenvalue weighted by Crippen LogP contribution is 2.25. The summed E-state index contributed by atoms with van der Waals surface area (Å²) in [5, 5.41) is 4.07. The summed E-state index contributed by atoms with van der Waals surface area (Å²) in [5.41, 5.74) is 1.11. The number of nitrogens with one attached hydrogen (secondary N) is 1. The van der Waals surface area contributed by atoms with Gasteiger partial charge in [0.2, 0.25) is 0 Å². The molecule has 1 fully saturated rings. The van der Waals surface area contributed by atoms with Crippen molar-refractivity contribution in [1.82, 2.24) is 5.32 Å². The average Bonchev–Trinajstić information content (AvgIpc) is 2.29. The van der Waals surface area contributed by atoms with E-state index < -0.39 is 0 Å². The molecule has 0 spiro atoms. The third kappa shape index (κ3) is 2.62. The van der Waals surface area contributed by atoms with Gasteiger partial charge in [-0.25, -0.2) is 0 Å². The molecule has 0 saturated carbocycles. The fraction of sp³-hybridized carbons (Fsp3) is 0.455. The van der Waals surface area contributed by atoms with Crippen molar-refractivity contribution in [2.24, 2.45) is 0 Å². The van der Waals surface area contributed by atoms with Crippen molar-refractivity contribution < 1.29 is 9.47 Å². The molecule has 2 rings (SSSR count). The lowest BCUT2D eigenvalue weighted by molar-refractivity contribution is 0.0768. The number of rotatable bonds is 2. The molecule has 82 valence electrons. The van der Waals surface area contributed by atoms with E-state index in [9.17, 15) is 0 Å². The van der Waals surface area contributed by atoms with Gasteiger partial charge in [0, 0.05) is 11.6 Å². The second-order valence-electron chi connectivity index (χ2n) is 3.51. The fourth-order valence-corrected chi connectivity index (χ4v) is 1.92. The molecule has 1 N–H and O–H groups in total. The number of hydrogen-bond donors (Lipinski definition) is 1. The molecule has 1 unspecified atom stereocenters. The van der Waals surface area contributed by atoms with Crippen molar-refractivity contribution in [2.75, 3.05) is 26.9 Å². The highest BCUT2D eigenvalue weighted by atomic mass is 35.5. The number of methoxy groups -OCH3 is 1. The molecule has 0 bridgehead atoms. The van der Waals surface area contributed by atoms with Crippen LogP contribution in [-0.2, 0) is 4.74 Å². The third-order valence-electron chi connectivity index (χ3n) is 2.45. The largest absolute Gasteiger partial charge is 0.497 e. The van der Waals surface area contributed by atoms with Crippen LogP contribution in [0.25, 0.3) is 0 Å². The zero-order chi connectivity index (χ0) is 10.7. The van der Waals surface area contributed by atoms with Gasteiger partial charge in [0.25, 0.3) is 0 Å². The van der Waals surface area contributed by atoms with Crippen LogP contribution in [0.2, 0.25) is 5.02 Å². The lowest BCUT2D eigenvalue weighted by atomic mass is 10.1. The smallest absolute Gasteiger partial charge is 0.120 e. The number of morpholine rings is 1. The number of ether oxygens (including phenoxy) is 2. The first-order chi connectivity index (χ1) is 7.29. The van der Waals surface area contributed by atoms with E-state index >= 15 is 0 Å². The van der Waals surface area contributed by atoms with E-state index in [-0.39, 0.29) is 6.04 Å². The standard InChI is InChI=1S/C11H14ClNO2/c1-14-10-5-8(4-9(12)6-10)11-7-15-3-2-13-11/h4-6,11,13H,2-3,7H2,1H3. The maximum absolute atomic E-state index is 6.00. The molecule has 0 aromatic heterocycles. The first kappa shape index (κ1) is 10.7. The van der Waals surface area contributed by atoms with Gasteiger partial charge in [-0.3, -0.25) is 0 Å². The molecule has 4 heteroatoms. The first-order valence-corrected chi connectivity index (χ1v) is 5.33. The van der Waals surface area contributed by atoms with Crippen LogP contribution >= 0.6 is 11.6 Å². The van der Waals surface area contributed by atoms with Crippen molar-refractivity contribution >= 4 is 11.6 Å². The highest BCUT2D eigenvalue weighted by Gasteiger charge is 2.16. The molecule has 0 aliphatic carbocycles. The van der Waals surface area contributed by atoms with E-state index in [0.29, 0.717) is 11.6 Å². The Labute approximate surface area is 94.3 Å². The molecule has 1 aromatic rings. The van der Waals surface area contributed by atoms with Crippen molar-refractivity contribution in [1.29, 1.82) is 0 Å². The summed E-state index contributed by atoms with van der Waals surface area (Å²) in [6.45, 7) is 2.33. The normalized spacial score (nSPS) is 21.3. The third-order valence-corrected chi connectivity index (χ3v) is 2.67. The van der Waals surface area contributed by atoms with Crippen LogP contribution in [0.1, 0.15) is 11.6 Å². The summed E-state index contributed by atoms with van der Waals surface area (Å²) in [6.07, 6.45) is 0. The molecular formula is C11H14ClNO2. The molecule has 1 aliphatic heterocycles. The Morgan fingerprint density at radius 2 is 2.33 bits per heavy atom. The van der Waals surface area contributed by atoms with Crippen molar-refractivity contribution in [3.8, 4) is 5.75 Å². The second-order valence-corrected chi connectivity index (χ2v) is 3.94. The highest BCUT2D eigenvalue weighted by molar-refractivity contribution is 6.30. The van der Waals surface area contributed by atoms with Crippen LogP contribution in [0.15, 0.2) is 18.2 Å². The molecule has 1 atom stereocenters. The van der Waals surface area contributed by atoms with Gasteiger partial charge in [-0.05, 0) is 23.8 Å². The Balaban J connectivity index is 2.22. The van der Waals surface area contributed by atoms with Crippen LogP contribution in [0, 0.1) is 0 Å². The Morgan fingerprint density at radius 1 is 1.47 bits per heavy atom. The van der Waals surface area contributed by atoms with Crippen molar-refractivity contribution in [2.45, 2.75) is 6.04 Å². The van der Waals surface area contributed by atoms with E-state index in [1.165, 1.54) is 0 Å². The van der Waals surface area contributed by atoms with Gasteiger partial charge in [-0.1, -0.05) is 11.6 Å². The van der Waals surface area contributed by atoms with Crippen LogP contribution in [0.5, 0.6) is 5.75 Å². The molecule has 0 radical (unpaired) electrons. The van der Waals surface area contributed by atoms with E-state index in [1.54, 1.807) is 13.2 Å². The predicted octanol–water partition coefficient (Wildman–Crippen LogP) is 2.01. The summed E-state index contributed by atoms with van der Waals surface area (Å²) in [6, 6.07) is 5.94. The van der Waals surface area contributed by atoms with Gasteiger partial charge in [0.1, 0.15) is 5.75 Å². The van der Waals surface area contributed by atoms with Crippen molar-refractivity contribution in [3.05, 3.63) is 28.8 Å². The Morgan fingerprint density at radius 3 is 3.00 bits per heavy atom. The summed E-state index contributed by atoms with van der Waals surface area (Å²) in [5.74, 6) is 0.782. The Bertz CT molecular complexity index is 337. The number of benzene rings is 1. The molecule has 1 saturated heterocycles. The minimum Gasteiger partial charge on any atom is -0.497 e. The van der Waals surface area contributed by atoms with Crippen LogP contribution < -0.4 is 10.1 Å². The van der Waals surface area contributed by atoms with Crippen LogP contribution in [0.4, 0.5) is 0 Å². The number of hydrogen-bond acceptors (Lipinski definition) is 3. The molecule has 3 nitrogen and oxygen atoms in total. The molecule has 1 heterocycles. The summed E-state index contributed by atoms with van der Waals surface area (Å²) < 4.78 is 10.6. The van der Waals surface area contributed by atoms with E-state index in [2.05, 4.69) is 5.32 Å². The Hall–Kier alpha value is -0.770. The van der Waals surface area contributed by atoms with E-state index in [1.807, 2.05) is 12.1 Å². The fourth-order valence-electron chi connectivity index (χ4n) is 1.68. The lowest BCUT2D eigenvalue weighted by Crippen LogP contribution is -2.34. The van der Waals surface area contributed by atoms with Gasteiger partial charge in [-0.15, -0.1) is 0 Å². The van der Waals surface area contributed by atoms with Crippen LogP contribution in [0.3, 0.4) is 0 Å². The summed E-state index contributed by atoms with van der Waals surface area (Å²) >= 11 is 6.00.